The number of aromatic amines is 1. The summed E-state index contributed by atoms with van der Waals surface area (Å²) in [5.74, 6) is 1.55. The van der Waals surface area contributed by atoms with Gasteiger partial charge in [-0.15, -0.1) is 5.10 Å². The summed E-state index contributed by atoms with van der Waals surface area (Å²) in [6.45, 7) is 4.53. The van der Waals surface area contributed by atoms with Crippen LogP contribution in [0.1, 0.15) is 25.6 Å². The predicted octanol–water partition coefficient (Wildman–Crippen LogP) is 1.48. The number of carbonyl (C=O) groups is 1. The Morgan fingerprint density at radius 2 is 2.00 bits per heavy atom. The molecule has 0 unspecified atom stereocenters. The third-order valence-corrected chi connectivity index (χ3v) is 5.88. The Morgan fingerprint density at radius 1 is 1.25 bits per heavy atom. The number of benzene rings is 1. The molecule has 9 nitrogen and oxygen atoms in total. The molecule has 0 saturated heterocycles. The number of H-pyrrole nitrogens is 1. The molecule has 0 aliphatic heterocycles. The fourth-order valence-electron chi connectivity index (χ4n) is 2.10. The van der Waals surface area contributed by atoms with Crippen molar-refractivity contribution in [1.29, 1.82) is 0 Å². The maximum atomic E-state index is 12.1. The van der Waals surface area contributed by atoms with E-state index >= 15 is 0 Å². The Balaban J connectivity index is 1.69. The van der Waals surface area contributed by atoms with E-state index in [-0.39, 0.29) is 17.4 Å². The van der Waals surface area contributed by atoms with E-state index in [9.17, 15) is 13.2 Å². The summed E-state index contributed by atoms with van der Waals surface area (Å²) in [5.41, 5.74) is 0. The van der Waals surface area contributed by atoms with Crippen LogP contribution in [-0.4, -0.2) is 55.0 Å². The quantitative estimate of drug-likeness (QED) is 0.346. The number of nitrogens with one attached hydrogen (secondary N) is 3. The van der Waals surface area contributed by atoms with Crippen molar-refractivity contribution < 1.29 is 17.9 Å². The molecule has 1 aromatic heterocycles. The lowest BCUT2D eigenvalue weighted by Crippen LogP contribution is -2.30. The second kappa shape index (κ2) is 11.0. The van der Waals surface area contributed by atoms with Crippen LogP contribution in [0.5, 0.6) is 5.75 Å². The molecular formula is C17H25N5O4S2. The Labute approximate surface area is 169 Å². The van der Waals surface area contributed by atoms with Crippen LogP contribution in [0.4, 0.5) is 0 Å². The van der Waals surface area contributed by atoms with Crippen LogP contribution >= 0.6 is 11.8 Å². The summed E-state index contributed by atoms with van der Waals surface area (Å²) < 4.78 is 32.1. The summed E-state index contributed by atoms with van der Waals surface area (Å²) in [4.78, 5) is 16.1. The van der Waals surface area contributed by atoms with Crippen molar-refractivity contribution in [3.8, 4) is 5.75 Å². The van der Waals surface area contributed by atoms with E-state index in [1.165, 1.54) is 36.0 Å². The van der Waals surface area contributed by atoms with Crippen molar-refractivity contribution in [2.75, 3.05) is 25.4 Å². The number of nitrogens with zero attached hydrogens (tertiary/aromatic N) is 2. The minimum atomic E-state index is -3.52. The molecule has 0 saturated carbocycles. The lowest BCUT2D eigenvalue weighted by Gasteiger charge is -2.09. The van der Waals surface area contributed by atoms with Crippen LogP contribution in [0.3, 0.4) is 0 Å². The molecule has 2 rings (SSSR count). The third-order valence-electron chi connectivity index (χ3n) is 3.56. The van der Waals surface area contributed by atoms with Gasteiger partial charge in [0.1, 0.15) is 11.6 Å². The Hall–Kier alpha value is -2.11. The number of ether oxygens (including phenoxy) is 1. The SMILES string of the molecule is CCCCNS(=O)(=O)c1ccc(OCC(=O)NCCSc2n[nH]c(C)n2)cc1. The van der Waals surface area contributed by atoms with E-state index in [0.29, 0.717) is 29.7 Å². The third kappa shape index (κ3) is 7.49. The van der Waals surface area contributed by atoms with Crippen LogP contribution in [-0.2, 0) is 14.8 Å². The van der Waals surface area contributed by atoms with Gasteiger partial charge in [0.05, 0.1) is 4.90 Å². The highest BCUT2D eigenvalue weighted by Gasteiger charge is 2.13. The van der Waals surface area contributed by atoms with Crippen LogP contribution in [0.15, 0.2) is 34.3 Å². The number of hydrogen-bond acceptors (Lipinski definition) is 7. The van der Waals surface area contributed by atoms with Gasteiger partial charge in [0, 0.05) is 18.8 Å². The summed E-state index contributed by atoms with van der Waals surface area (Å²) in [6.07, 6.45) is 1.70. The molecule has 154 valence electrons. The molecule has 1 aromatic carbocycles. The molecular weight excluding hydrogens is 402 g/mol. The maximum Gasteiger partial charge on any atom is 0.257 e. The first kappa shape index (κ1) is 22.2. The fourth-order valence-corrected chi connectivity index (χ4v) is 3.87. The number of hydrogen-bond donors (Lipinski definition) is 3. The molecule has 0 fully saturated rings. The zero-order valence-electron chi connectivity index (χ0n) is 15.9. The summed E-state index contributed by atoms with van der Waals surface area (Å²) in [5, 5.41) is 10.1. The average Bonchev–Trinajstić information content (AvgIpc) is 3.09. The molecule has 0 aliphatic rings. The predicted molar refractivity (Wildman–Crippen MR) is 107 cm³/mol. The Morgan fingerprint density at radius 3 is 2.64 bits per heavy atom. The number of amides is 1. The van der Waals surface area contributed by atoms with E-state index in [0.717, 1.165) is 18.7 Å². The highest BCUT2D eigenvalue weighted by atomic mass is 32.2. The first-order valence-electron chi connectivity index (χ1n) is 8.91. The van der Waals surface area contributed by atoms with Gasteiger partial charge < -0.3 is 10.1 Å². The van der Waals surface area contributed by atoms with Crippen LogP contribution < -0.4 is 14.8 Å². The van der Waals surface area contributed by atoms with Gasteiger partial charge in [0.2, 0.25) is 15.2 Å². The van der Waals surface area contributed by atoms with Gasteiger partial charge >= 0.3 is 0 Å². The second-order valence-corrected chi connectivity index (χ2v) is 8.74. The molecule has 0 bridgehead atoms. The highest BCUT2D eigenvalue weighted by Crippen LogP contribution is 2.16. The number of carbonyl (C=O) groups excluding carboxylic acids is 1. The molecule has 28 heavy (non-hydrogen) atoms. The van der Waals surface area contributed by atoms with E-state index in [2.05, 4.69) is 25.2 Å². The molecule has 2 aromatic rings. The average molecular weight is 428 g/mol. The number of rotatable bonds is 12. The smallest absolute Gasteiger partial charge is 0.257 e. The van der Waals surface area contributed by atoms with Crippen molar-refractivity contribution in [3.05, 3.63) is 30.1 Å². The van der Waals surface area contributed by atoms with Crippen molar-refractivity contribution in [3.63, 3.8) is 0 Å². The summed E-state index contributed by atoms with van der Waals surface area (Å²) in [6, 6.07) is 5.97. The van der Waals surface area contributed by atoms with E-state index < -0.39 is 10.0 Å². The molecule has 11 heteroatoms. The largest absolute Gasteiger partial charge is 0.484 e. The second-order valence-electron chi connectivity index (χ2n) is 5.91. The molecule has 1 heterocycles. The first-order chi connectivity index (χ1) is 13.4. The van der Waals surface area contributed by atoms with Crippen LogP contribution in [0, 0.1) is 6.92 Å². The van der Waals surface area contributed by atoms with Gasteiger partial charge in [0.25, 0.3) is 5.91 Å². The van der Waals surface area contributed by atoms with Gasteiger partial charge in [-0.1, -0.05) is 25.1 Å². The minimum Gasteiger partial charge on any atom is -0.484 e. The van der Waals surface area contributed by atoms with Crippen molar-refractivity contribution in [2.24, 2.45) is 0 Å². The monoisotopic (exact) mass is 427 g/mol. The van der Waals surface area contributed by atoms with Gasteiger partial charge in [-0.3, -0.25) is 9.89 Å². The van der Waals surface area contributed by atoms with Crippen LogP contribution in [0.2, 0.25) is 0 Å². The number of aryl methyl sites for hydroxylation is 1. The summed E-state index contributed by atoms with van der Waals surface area (Å²) >= 11 is 1.44. The molecule has 1 amide bonds. The fraction of sp³-hybridized carbons (Fsp3) is 0.471. The normalized spacial score (nSPS) is 11.4. The Bertz CT molecular complexity index is 853. The van der Waals surface area contributed by atoms with Crippen molar-refractivity contribution in [1.82, 2.24) is 25.2 Å². The zero-order chi connectivity index (χ0) is 20.4. The standard InChI is InChI=1S/C17H25N5O4S2/c1-3-4-9-19-28(24,25)15-7-5-14(6-8-15)26-12-16(23)18-10-11-27-17-20-13(2)21-22-17/h5-8,19H,3-4,9-12H2,1-2H3,(H,18,23)(H,20,21,22). The molecule has 0 spiro atoms. The lowest BCUT2D eigenvalue weighted by atomic mass is 10.3. The number of unbranched alkanes of at least 4 members (excludes halogenated alkanes) is 1. The van der Waals surface area contributed by atoms with Gasteiger partial charge in [-0.2, -0.15) is 0 Å². The van der Waals surface area contributed by atoms with Crippen molar-refractivity contribution >= 4 is 27.7 Å². The summed E-state index contributed by atoms with van der Waals surface area (Å²) in [7, 11) is -3.52. The number of sulfonamides is 1. The minimum absolute atomic E-state index is 0.148. The van der Waals surface area contributed by atoms with Gasteiger partial charge in [0.15, 0.2) is 6.61 Å². The lowest BCUT2D eigenvalue weighted by molar-refractivity contribution is -0.122. The zero-order valence-corrected chi connectivity index (χ0v) is 17.5. The number of aromatic nitrogens is 3. The first-order valence-corrected chi connectivity index (χ1v) is 11.4. The molecule has 0 aliphatic carbocycles. The number of thioether (sulfide) groups is 1. The van der Waals surface area contributed by atoms with Gasteiger partial charge in [-0.05, 0) is 37.6 Å². The van der Waals surface area contributed by atoms with E-state index in [4.69, 9.17) is 4.74 Å². The topological polar surface area (TPSA) is 126 Å². The van der Waals surface area contributed by atoms with E-state index in [1.54, 1.807) is 0 Å². The van der Waals surface area contributed by atoms with Crippen LogP contribution in [0.25, 0.3) is 0 Å². The molecule has 0 radical (unpaired) electrons. The highest BCUT2D eigenvalue weighted by molar-refractivity contribution is 7.99. The Kier molecular flexibility index (Phi) is 8.74. The van der Waals surface area contributed by atoms with E-state index in [1.807, 2.05) is 13.8 Å². The van der Waals surface area contributed by atoms with Crippen molar-refractivity contribution in [2.45, 2.75) is 36.7 Å². The molecule has 0 atom stereocenters. The van der Waals surface area contributed by atoms with Gasteiger partial charge in [-0.25, -0.2) is 18.1 Å². The maximum absolute atomic E-state index is 12.1. The molecule has 3 N–H and O–H groups in total.